The number of carbonyl (C=O) groups is 3. The van der Waals surface area contributed by atoms with Gasteiger partial charge < -0.3 is 0 Å². The van der Waals surface area contributed by atoms with E-state index in [9.17, 15) is 14.4 Å². The molecule has 38 heavy (non-hydrogen) atoms. The van der Waals surface area contributed by atoms with Crippen LogP contribution in [-0.2, 0) is 15.0 Å². The van der Waals surface area contributed by atoms with E-state index >= 15 is 0 Å². The standard InChI is InChI=1S/C31H25N3O3Se/c1-31(2,25-14-9-13-23-22-12-7-8-15-26(22)32-27(23)25)19-16-21(38-18-19)17-24-28(35)33(3)30(37)34(29(24)36)20-10-5-4-6-11-20/h4-18,32H,1-3H3/b24-17+. The number of hydrogen-bond donors (Lipinski definition) is 1. The second-order valence-electron chi connectivity index (χ2n) is 9.94. The van der Waals surface area contributed by atoms with Crippen LogP contribution >= 0.6 is 0 Å². The summed E-state index contributed by atoms with van der Waals surface area (Å²) in [6, 6.07) is 24.8. The number of carbonyl (C=O) groups excluding carboxylic acids is 3. The zero-order valence-electron chi connectivity index (χ0n) is 21.2. The van der Waals surface area contributed by atoms with Crippen molar-refractivity contribution in [3.63, 3.8) is 0 Å². The van der Waals surface area contributed by atoms with Crippen molar-refractivity contribution in [1.29, 1.82) is 0 Å². The summed E-state index contributed by atoms with van der Waals surface area (Å²) in [6.07, 6.45) is 1.66. The van der Waals surface area contributed by atoms with Crippen LogP contribution in [0.25, 0.3) is 27.9 Å². The van der Waals surface area contributed by atoms with E-state index in [1.807, 2.05) is 12.1 Å². The van der Waals surface area contributed by atoms with Gasteiger partial charge in [0.2, 0.25) is 0 Å². The zero-order chi connectivity index (χ0) is 26.6. The Morgan fingerprint density at radius 2 is 1.55 bits per heavy atom. The molecule has 0 unspecified atom stereocenters. The number of anilines is 1. The number of benzene rings is 3. The molecule has 6 nitrogen and oxygen atoms in total. The van der Waals surface area contributed by atoms with Gasteiger partial charge in [-0.3, -0.25) is 0 Å². The molecule has 0 atom stereocenters. The monoisotopic (exact) mass is 567 g/mol. The molecular formula is C31H25N3O3Se. The number of nitrogens with zero attached hydrogens (tertiary/aromatic N) is 2. The molecule has 0 saturated carbocycles. The predicted molar refractivity (Wildman–Crippen MR) is 151 cm³/mol. The number of hydrogen-bond acceptors (Lipinski definition) is 3. The molecule has 5 aromatic rings. The topological polar surface area (TPSA) is 73.5 Å². The number of amides is 4. The van der Waals surface area contributed by atoms with E-state index in [0.717, 1.165) is 30.8 Å². The zero-order valence-corrected chi connectivity index (χ0v) is 22.9. The van der Waals surface area contributed by atoms with Crippen molar-refractivity contribution in [2.75, 3.05) is 11.9 Å². The molecule has 188 valence electrons. The number of likely N-dealkylation sites (N-methyl/N-ethyl adjacent to an activating group) is 1. The van der Waals surface area contributed by atoms with Crippen molar-refractivity contribution in [3.05, 3.63) is 105 Å². The summed E-state index contributed by atoms with van der Waals surface area (Å²) in [7, 11) is 1.41. The minimum absolute atomic E-state index is 0.00532. The number of fused-ring (bicyclic) bond motifs is 3. The fourth-order valence-electron chi connectivity index (χ4n) is 5.09. The normalized spacial score (nSPS) is 15.9. The summed E-state index contributed by atoms with van der Waals surface area (Å²) in [5.74, 6) is -1.18. The summed E-state index contributed by atoms with van der Waals surface area (Å²) in [5, 5.41) is 2.38. The number of aromatic nitrogens is 1. The number of H-pyrrole nitrogens is 1. The van der Waals surface area contributed by atoms with Crippen LogP contribution < -0.4 is 4.90 Å². The van der Waals surface area contributed by atoms with Crippen molar-refractivity contribution in [1.82, 2.24) is 9.88 Å². The SMILES string of the molecule is CN1C(=O)/C(=C\c2cc(C(C)(C)c3cccc4c3[nH]c3ccccc34)c[se]2)C(=O)N(c2ccccc2)C1=O. The molecule has 1 fully saturated rings. The predicted octanol–water partition coefficient (Wildman–Crippen LogP) is 5.71. The molecule has 6 rings (SSSR count). The first kappa shape index (κ1) is 24.2. The number of barbiturate groups is 1. The average Bonchev–Trinajstić information content (AvgIpc) is 3.56. The first-order chi connectivity index (χ1) is 18.3. The summed E-state index contributed by atoms with van der Waals surface area (Å²) >= 11 is -0.0634. The Morgan fingerprint density at radius 3 is 2.34 bits per heavy atom. The van der Waals surface area contributed by atoms with Gasteiger partial charge in [-0.05, 0) is 0 Å². The van der Waals surface area contributed by atoms with E-state index in [2.05, 4.69) is 66.2 Å². The molecule has 1 saturated heterocycles. The Morgan fingerprint density at radius 1 is 0.842 bits per heavy atom. The van der Waals surface area contributed by atoms with Crippen molar-refractivity contribution in [2.45, 2.75) is 19.3 Å². The molecule has 0 aliphatic carbocycles. The van der Waals surface area contributed by atoms with E-state index in [0.29, 0.717) is 5.69 Å². The number of nitrogens with one attached hydrogen (secondary N) is 1. The first-order valence-corrected chi connectivity index (χ1v) is 14.1. The van der Waals surface area contributed by atoms with Gasteiger partial charge in [-0.15, -0.1) is 0 Å². The van der Waals surface area contributed by atoms with Crippen LogP contribution in [0.4, 0.5) is 10.5 Å². The van der Waals surface area contributed by atoms with Gasteiger partial charge in [0, 0.05) is 0 Å². The molecule has 0 bridgehead atoms. The maximum absolute atomic E-state index is 13.4. The Labute approximate surface area is 225 Å². The third-order valence-corrected chi connectivity index (χ3v) is 9.15. The van der Waals surface area contributed by atoms with Crippen molar-refractivity contribution < 1.29 is 14.4 Å². The third kappa shape index (κ3) is 3.74. The van der Waals surface area contributed by atoms with Crippen LogP contribution in [0, 0.1) is 0 Å². The van der Waals surface area contributed by atoms with Gasteiger partial charge in [0.05, 0.1) is 0 Å². The van der Waals surface area contributed by atoms with Crippen LogP contribution in [0.2, 0.25) is 0 Å². The second-order valence-corrected chi connectivity index (χ2v) is 11.9. The molecule has 1 aliphatic rings. The van der Waals surface area contributed by atoms with Gasteiger partial charge in [-0.2, -0.15) is 0 Å². The van der Waals surface area contributed by atoms with Gasteiger partial charge >= 0.3 is 226 Å². The van der Waals surface area contributed by atoms with Gasteiger partial charge in [-0.1, -0.05) is 0 Å². The molecule has 4 amide bonds. The molecule has 7 heteroatoms. The van der Waals surface area contributed by atoms with Crippen LogP contribution in [-0.4, -0.2) is 49.3 Å². The molecule has 0 radical (unpaired) electrons. The summed E-state index contributed by atoms with van der Waals surface area (Å²) < 4.78 is 0.914. The Balaban J connectivity index is 1.39. The quantitative estimate of drug-likeness (QED) is 0.172. The Bertz CT molecular complexity index is 1780. The summed E-state index contributed by atoms with van der Waals surface area (Å²) in [5.41, 5.74) is 4.65. The fraction of sp³-hybridized carbons (Fsp3) is 0.129. The van der Waals surface area contributed by atoms with Crippen molar-refractivity contribution >= 4 is 65.9 Å². The van der Waals surface area contributed by atoms with E-state index < -0.39 is 17.8 Å². The summed E-state index contributed by atoms with van der Waals surface area (Å²) in [4.78, 5) is 47.0. The summed E-state index contributed by atoms with van der Waals surface area (Å²) in [6.45, 7) is 4.39. The van der Waals surface area contributed by atoms with Crippen LogP contribution in [0.3, 0.4) is 0 Å². The number of para-hydroxylation sites is 3. The molecule has 1 aliphatic heterocycles. The molecular weight excluding hydrogens is 541 g/mol. The van der Waals surface area contributed by atoms with Crippen LogP contribution in [0.15, 0.2) is 89.4 Å². The number of urea groups is 1. The molecule has 3 heterocycles. The van der Waals surface area contributed by atoms with E-state index in [-0.39, 0.29) is 25.5 Å². The van der Waals surface area contributed by atoms with Crippen LogP contribution in [0.5, 0.6) is 0 Å². The van der Waals surface area contributed by atoms with Crippen molar-refractivity contribution in [3.8, 4) is 0 Å². The Hall–Kier alpha value is -4.19. The number of aromatic amines is 1. The van der Waals surface area contributed by atoms with Gasteiger partial charge in [0.15, 0.2) is 0 Å². The number of imide groups is 2. The average molecular weight is 567 g/mol. The second kappa shape index (κ2) is 8.98. The third-order valence-electron chi connectivity index (χ3n) is 7.30. The van der Waals surface area contributed by atoms with Crippen molar-refractivity contribution in [2.24, 2.45) is 0 Å². The molecule has 1 N–H and O–H groups in total. The number of rotatable bonds is 4. The minimum atomic E-state index is -0.652. The van der Waals surface area contributed by atoms with Gasteiger partial charge in [0.1, 0.15) is 0 Å². The Kier molecular flexibility index (Phi) is 5.71. The van der Waals surface area contributed by atoms with E-state index in [1.165, 1.54) is 23.4 Å². The van der Waals surface area contributed by atoms with E-state index in [1.54, 1.807) is 30.3 Å². The van der Waals surface area contributed by atoms with Crippen LogP contribution in [0.1, 0.15) is 29.4 Å². The molecule has 2 aromatic heterocycles. The first-order valence-electron chi connectivity index (χ1n) is 12.3. The fourth-order valence-corrected chi connectivity index (χ4v) is 7.20. The van der Waals surface area contributed by atoms with Gasteiger partial charge in [0.25, 0.3) is 0 Å². The maximum atomic E-state index is 13.4. The van der Waals surface area contributed by atoms with E-state index in [4.69, 9.17) is 0 Å². The molecule has 0 spiro atoms. The van der Waals surface area contributed by atoms with Gasteiger partial charge in [-0.25, -0.2) is 0 Å². The molecule has 3 aromatic carbocycles.